The Morgan fingerprint density at radius 2 is 0.964 bits per heavy atom. The molecule has 1 aromatic rings. The van der Waals surface area contributed by atoms with Crippen LogP contribution in [0.2, 0.25) is 0 Å². The molecule has 16 N–H and O–H groups in total. The van der Waals surface area contributed by atoms with Crippen molar-refractivity contribution in [2.75, 3.05) is 18.8 Å². The van der Waals surface area contributed by atoms with E-state index in [1.165, 1.54) is 25.7 Å². The molecule has 468 valence electrons. The van der Waals surface area contributed by atoms with E-state index in [-0.39, 0.29) is 81.2 Å². The van der Waals surface area contributed by atoms with Crippen molar-refractivity contribution >= 4 is 70.7 Å². The summed E-state index contributed by atoms with van der Waals surface area (Å²) in [6.07, 6.45) is 0.598. The van der Waals surface area contributed by atoms with Gasteiger partial charge >= 0.3 is 0 Å². The topological polar surface area (TPSA) is 398 Å². The number of amides is 11. The first-order valence-corrected chi connectivity index (χ1v) is 29.3. The summed E-state index contributed by atoms with van der Waals surface area (Å²) >= 11 is 0. The van der Waals surface area contributed by atoms with Crippen LogP contribution < -0.4 is 65.1 Å². The molecule has 1 heterocycles. The third-order valence-corrected chi connectivity index (χ3v) is 14.0. The van der Waals surface area contributed by atoms with Crippen LogP contribution in [0.4, 0.5) is 5.69 Å². The second kappa shape index (κ2) is 35.3. The Kier molecular flexibility index (Phi) is 30.7. The van der Waals surface area contributed by atoms with Gasteiger partial charge in [-0.05, 0) is 125 Å². The van der Waals surface area contributed by atoms with Crippen molar-refractivity contribution in [1.29, 1.82) is 0 Å². The number of nitrogens with zero attached hydrogens (tertiary/aromatic N) is 1. The van der Waals surface area contributed by atoms with Crippen LogP contribution in [0.3, 0.4) is 0 Å². The number of anilines is 1. The van der Waals surface area contributed by atoms with Crippen LogP contribution in [0.15, 0.2) is 24.3 Å². The minimum Gasteiger partial charge on any atom is -0.399 e. The van der Waals surface area contributed by atoms with E-state index in [1.54, 1.807) is 38.1 Å². The molecule has 0 bridgehead atoms. The summed E-state index contributed by atoms with van der Waals surface area (Å²) in [5.41, 5.74) is 18.3. The average Bonchev–Trinajstić information content (AvgIpc) is 3.91. The van der Waals surface area contributed by atoms with Gasteiger partial charge in [0.1, 0.15) is 60.4 Å². The van der Waals surface area contributed by atoms with Gasteiger partial charge in [0.15, 0.2) is 0 Å². The average molecular weight is 1170 g/mol. The molecule has 0 radical (unpaired) electrons. The SMILES string of the molecule is CC(=O)N[C@@H](CC(C)C)C(=O)N[C@@H](C)C(=O)N[C@@H](CC(C)C)C(=O)N[C@@H](CCCCN)C(=O)N[C@@H](Cc1ccc(N)cc1)C(=O)N[C@@H](CC(C)C)C(=O)N[C@@H](CC(C)C)C(=O)N[C@H](C(=O)N1CCC[C@H]1C(=O)N[C@H](C(N)=O)C(C)C)[C@@H](C)O. The van der Waals surface area contributed by atoms with Crippen molar-refractivity contribution < 1.29 is 57.8 Å². The number of carbonyl (C=O) groups excluding carboxylic acids is 11. The first-order valence-electron chi connectivity index (χ1n) is 29.3. The van der Waals surface area contributed by atoms with Gasteiger partial charge in [0, 0.05) is 25.6 Å². The van der Waals surface area contributed by atoms with Gasteiger partial charge in [0.25, 0.3) is 0 Å². The van der Waals surface area contributed by atoms with E-state index in [0.717, 1.165) is 0 Å². The van der Waals surface area contributed by atoms with E-state index in [4.69, 9.17) is 17.2 Å². The fourth-order valence-corrected chi connectivity index (χ4v) is 9.62. The summed E-state index contributed by atoms with van der Waals surface area (Å²) in [7, 11) is 0. The summed E-state index contributed by atoms with van der Waals surface area (Å²) in [6, 6.07) is -5.44. The normalized spacial score (nSPS) is 17.0. The number of aliphatic hydroxyl groups excluding tert-OH is 1. The highest BCUT2D eigenvalue weighted by Gasteiger charge is 2.42. The molecule has 0 unspecified atom stereocenters. The lowest BCUT2D eigenvalue weighted by atomic mass is 9.98. The van der Waals surface area contributed by atoms with Crippen LogP contribution in [0.25, 0.3) is 0 Å². The Labute approximate surface area is 490 Å². The number of hydrogen-bond acceptors (Lipinski definition) is 14. The lowest BCUT2D eigenvalue weighted by Gasteiger charge is -2.32. The number of hydrogen-bond donors (Lipinski definition) is 13. The minimum absolute atomic E-state index is 0.0388. The second-order valence-corrected chi connectivity index (χ2v) is 24.1. The Hall–Kier alpha value is -6.89. The number of aliphatic hydroxyl groups is 1. The van der Waals surface area contributed by atoms with Crippen LogP contribution in [0.5, 0.6) is 0 Å². The Morgan fingerprint density at radius 3 is 1.41 bits per heavy atom. The molecule has 1 saturated heterocycles. The van der Waals surface area contributed by atoms with Crippen molar-refractivity contribution in [2.24, 2.45) is 41.1 Å². The van der Waals surface area contributed by atoms with Gasteiger partial charge in [0.2, 0.25) is 65.0 Å². The molecule has 25 nitrogen and oxygen atoms in total. The predicted octanol–water partition coefficient (Wildman–Crippen LogP) is 0.0408. The molecule has 0 aromatic heterocycles. The van der Waals surface area contributed by atoms with Crippen LogP contribution in [0.1, 0.15) is 153 Å². The monoisotopic (exact) mass is 1170 g/mol. The van der Waals surface area contributed by atoms with Gasteiger partial charge in [0.05, 0.1) is 6.10 Å². The van der Waals surface area contributed by atoms with E-state index in [1.807, 2.05) is 55.4 Å². The van der Waals surface area contributed by atoms with Crippen LogP contribution in [0, 0.1) is 29.6 Å². The first kappa shape index (κ1) is 72.2. The third-order valence-electron chi connectivity index (χ3n) is 14.0. The molecule has 0 saturated carbocycles. The largest absolute Gasteiger partial charge is 0.399 e. The van der Waals surface area contributed by atoms with E-state index in [0.29, 0.717) is 36.9 Å². The number of carbonyl (C=O) groups is 11. The molecule has 1 fully saturated rings. The fourth-order valence-electron chi connectivity index (χ4n) is 9.62. The van der Waals surface area contributed by atoms with Gasteiger partial charge in [-0.2, -0.15) is 0 Å². The van der Waals surface area contributed by atoms with Gasteiger partial charge in [-0.25, -0.2) is 0 Å². The molecule has 11 amide bonds. The number of likely N-dealkylation sites (tertiary alicyclic amines) is 1. The third kappa shape index (κ3) is 25.2. The number of nitrogens with two attached hydrogens (primary N) is 3. The van der Waals surface area contributed by atoms with Crippen molar-refractivity contribution in [3.63, 3.8) is 0 Å². The molecular formula is C58H99N13O12. The van der Waals surface area contributed by atoms with E-state index in [9.17, 15) is 57.8 Å². The number of nitrogen functional groups attached to an aromatic ring is 1. The Morgan fingerprint density at radius 1 is 0.542 bits per heavy atom. The number of rotatable bonds is 35. The zero-order valence-corrected chi connectivity index (χ0v) is 51.1. The lowest BCUT2D eigenvalue weighted by Crippen LogP contribution is -2.62. The molecular weight excluding hydrogens is 1070 g/mol. The maximum absolute atomic E-state index is 14.7. The summed E-state index contributed by atoms with van der Waals surface area (Å²) < 4.78 is 0. The number of benzene rings is 1. The van der Waals surface area contributed by atoms with E-state index < -0.39 is 132 Å². The highest BCUT2D eigenvalue weighted by molar-refractivity contribution is 5.99. The Balaban J connectivity index is 2.48. The molecule has 0 spiro atoms. The minimum atomic E-state index is -1.55. The molecule has 0 aliphatic carbocycles. The fraction of sp³-hybridized carbons (Fsp3) is 0.707. The van der Waals surface area contributed by atoms with E-state index in [2.05, 4.69) is 47.9 Å². The highest BCUT2D eigenvalue weighted by atomic mass is 16.3. The number of primary amides is 1. The molecule has 2 rings (SSSR count). The van der Waals surface area contributed by atoms with Crippen LogP contribution in [-0.2, 0) is 59.2 Å². The molecule has 1 aromatic carbocycles. The van der Waals surface area contributed by atoms with Crippen molar-refractivity contribution in [2.45, 2.75) is 221 Å². The van der Waals surface area contributed by atoms with Gasteiger partial charge in [-0.1, -0.05) is 81.4 Å². The zero-order chi connectivity index (χ0) is 63.0. The summed E-state index contributed by atoms with van der Waals surface area (Å²) in [5, 5.41) is 35.2. The van der Waals surface area contributed by atoms with Crippen LogP contribution >= 0.6 is 0 Å². The summed E-state index contributed by atoms with van der Waals surface area (Å²) in [4.78, 5) is 152. The molecule has 25 heteroatoms. The standard InChI is InChI=1S/C58H99N13O12/c1-30(2)25-41(63-37(13)73)52(77)62-35(11)50(75)65-42(26-31(3)4)53(78)64-40(17-14-15-23-59)51(76)68-45(29-38-19-21-39(60)22-20-38)55(80)66-43(27-32(5)6)54(79)67-44(28-33(7)8)56(81)70-48(36(12)72)58(83)71-24-16-18-46(71)57(82)69-47(34(9)10)49(61)74/h19-22,30-36,40-48,72H,14-18,23-29,59-60H2,1-13H3,(H2,61,74)(H,62,77)(H,63,73)(H,64,78)(H,65,75)(H,66,80)(H,67,79)(H,68,76)(H,69,82)(H,70,81)/t35-,36+,40-,41-,42-,43-,44-,45-,46-,47-,48-/m0/s1. The summed E-state index contributed by atoms with van der Waals surface area (Å²) in [5.74, 6) is -8.50. The van der Waals surface area contributed by atoms with Crippen molar-refractivity contribution in [3.8, 4) is 0 Å². The number of nitrogens with one attached hydrogen (secondary N) is 9. The molecule has 1 aliphatic heterocycles. The lowest BCUT2D eigenvalue weighted by molar-refractivity contribution is -0.144. The quantitative estimate of drug-likeness (QED) is 0.0316. The second-order valence-electron chi connectivity index (χ2n) is 24.1. The molecule has 83 heavy (non-hydrogen) atoms. The van der Waals surface area contributed by atoms with Gasteiger partial charge in [-0.15, -0.1) is 0 Å². The first-order chi connectivity index (χ1) is 38.8. The van der Waals surface area contributed by atoms with E-state index >= 15 is 0 Å². The van der Waals surface area contributed by atoms with Crippen LogP contribution in [-0.4, -0.2) is 155 Å². The van der Waals surface area contributed by atoms with Gasteiger partial charge < -0.3 is 75.1 Å². The van der Waals surface area contributed by atoms with Crippen molar-refractivity contribution in [1.82, 2.24) is 52.8 Å². The maximum Gasteiger partial charge on any atom is 0.248 e. The smallest absolute Gasteiger partial charge is 0.248 e. The number of unbranched alkanes of at least 4 members (excludes halogenated alkanes) is 1. The zero-order valence-electron chi connectivity index (χ0n) is 51.1. The predicted molar refractivity (Wildman–Crippen MR) is 314 cm³/mol. The van der Waals surface area contributed by atoms with Crippen molar-refractivity contribution in [3.05, 3.63) is 29.8 Å². The van der Waals surface area contributed by atoms with Gasteiger partial charge in [-0.3, -0.25) is 52.7 Å². The maximum atomic E-state index is 14.7. The molecule has 1 aliphatic rings. The summed E-state index contributed by atoms with van der Waals surface area (Å²) in [6.45, 7) is 22.5. The molecule has 11 atom stereocenters. The Bertz CT molecular complexity index is 2350. The highest BCUT2D eigenvalue weighted by Crippen LogP contribution is 2.21.